The lowest BCUT2D eigenvalue weighted by Crippen LogP contribution is -2.11. The quantitative estimate of drug-likeness (QED) is 0.754. The van der Waals surface area contributed by atoms with E-state index in [0.29, 0.717) is 34.8 Å². The van der Waals surface area contributed by atoms with Crippen LogP contribution in [-0.4, -0.2) is 39.4 Å². The van der Waals surface area contributed by atoms with E-state index in [1.165, 1.54) is 13.2 Å². The van der Waals surface area contributed by atoms with Crippen molar-refractivity contribution < 1.29 is 9.47 Å². The zero-order chi connectivity index (χ0) is 14.8. The van der Waals surface area contributed by atoms with Crippen molar-refractivity contribution in [1.82, 2.24) is 25.2 Å². The van der Waals surface area contributed by atoms with Gasteiger partial charge in [-0.05, 0) is 12.1 Å². The van der Waals surface area contributed by atoms with Gasteiger partial charge in [-0.3, -0.25) is 4.79 Å². The van der Waals surface area contributed by atoms with Crippen molar-refractivity contribution in [2.24, 2.45) is 0 Å². The Bertz CT molecular complexity index is 826. The second-order valence-electron chi connectivity index (χ2n) is 4.33. The van der Waals surface area contributed by atoms with Crippen molar-refractivity contribution in [1.29, 1.82) is 0 Å². The predicted molar refractivity (Wildman–Crippen MR) is 74.6 cm³/mol. The number of hydrogen-bond acceptors (Lipinski definition) is 6. The smallest absolute Gasteiger partial charge is 0.194 e. The van der Waals surface area contributed by atoms with Gasteiger partial charge in [0.2, 0.25) is 0 Å². The summed E-state index contributed by atoms with van der Waals surface area (Å²) in [6.45, 7) is 0.358. The predicted octanol–water partition coefficient (Wildman–Crippen LogP) is 0.580. The minimum Gasteiger partial charge on any atom is -0.496 e. The van der Waals surface area contributed by atoms with Crippen LogP contribution in [0.3, 0.4) is 0 Å². The number of methoxy groups -OCH3 is 2. The number of benzene rings is 1. The van der Waals surface area contributed by atoms with Crippen LogP contribution < -0.4 is 14.9 Å². The Labute approximate surface area is 119 Å². The van der Waals surface area contributed by atoms with Gasteiger partial charge >= 0.3 is 0 Å². The van der Waals surface area contributed by atoms with Crippen LogP contribution in [0.25, 0.3) is 10.9 Å². The van der Waals surface area contributed by atoms with Crippen molar-refractivity contribution in [3.05, 3.63) is 40.4 Å². The molecule has 0 saturated carbocycles. The van der Waals surface area contributed by atoms with Gasteiger partial charge in [0.05, 0.1) is 31.7 Å². The largest absolute Gasteiger partial charge is 0.496 e. The van der Waals surface area contributed by atoms with Crippen LogP contribution in [0.4, 0.5) is 0 Å². The number of rotatable bonds is 4. The SMILES string of the molecule is COc1ccc(OC)c2c1c(=O)ccn2Cc1nn[nH]n1. The molecule has 0 spiro atoms. The van der Waals surface area contributed by atoms with E-state index in [4.69, 9.17) is 9.47 Å². The van der Waals surface area contributed by atoms with Gasteiger partial charge in [0.25, 0.3) is 0 Å². The van der Waals surface area contributed by atoms with Crippen molar-refractivity contribution in [2.45, 2.75) is 6.54 Å². The normalized spacial score (nSPS) is 10.8. The fourth-order valence-electron chi connectivity index (χ4n) is 2.26. The Morgan fingerprint density at radius 3 is 2.62 bits per heavy atom. The summed E-state index contributed by atoms with van der Waals surface area (Å²) in [5, 5.41) is 14.2. The minimum absolute atomic E-state index is 0.134. The monoisotopic (exact) mass is 287 g/mol. The number of nitrogens with one attached hydrogen (secondary N) is 1. The molecule has 1 aromatic carbocycles. The second-order valence-corrected chi connectivity index (χ2v) is 4.33. The molecule has 0 unspecified atom stereocenters. The van der Waals surface area contributed by atoms with E-state index in [1.54, 1.807) is 25.4 Å². The lowest BCUT2D eigenvalue weighted by Gasteiger charge is -2.14. The molecule has 0 saturated heterocycles. The third kappa shape index (κ3) is 2.20. The maximum atomic E-state index is 12.2. The summed E-state index contributed by atoms with van der Waals surface area (Å²) < 4.78 is 12.5. The van der Waals surface area contributed by atoms with Crippen LogP contribution in [0.5, 0.6) is 11.5 Å². The van der Waals surface area contributed by atoms with Gasteiger partial charge in [0.1, 0.15) is 11.5 Å². The fraction of sp³-hybridized carbons (Fsp3) is 0.231. The highest BCUT2D eigenvalue weighted by Gasteiger charge is 2.14. The summed E-state index contributed by atoms with van der Waals surface area (Å²) in [6, 6.07) is 4.94. The van der Waals surface area contributed by atoms with E-state index < -0.39 is 0 Å². The maximum absolute atomic E-state index is 12.2. The van der Waals surface area contributed by atoms with Gasteiger partial charge in [-0.25, -0.2) is 0 Å². The minimum atomic E-state index is -0.134. The maximum Gasteiger partial charge on any atom is 0.194 e. The molecule has 108 valence electrons. The molecule has 8 heteroatoms. The molecule has 2 aromatic heterocycles. The van der Waals surface area contributed by atoms with Crippen LogP contribution in [0, 0.1) is 0 Å². The molecule has 3 rings (SSSR count). The summed E-state index contributed by atoms with van der Waals surface area (Å²) in [6.07, 6.45) is 1.67. The van der Waals surface area contributed by atoms with E-state index in [1.807, 2.05) is 4.57 Å². The molecule has 0 amide bonds. The standard InChI is InChI=1S/C13H13N5O3/c1-20-9-3-4-10(21-2)13-12(9)8(19)5-6-18(13)7-11-14-16-17-15-11/h3-6H,7H2,1-2H3,(H,14,15,16,17). The molecule has 0 atom stereocenters. The summed E-state index contributed by atoms with van der Waals surface area (Å²) in [5.74, 6) is 1.58. The summed E-state index contributed by atoms with van der Waals surface area (Å²) in [7, 11) is 3.08. The van der Waals surface area contributed by atoms with E-state index in [2.05, 4.69) is 20.6 Å². The summed E-state index contributed by atoms with van der Waals surface area (Å²) in [5.41, 5.74) is 0.499. The molecule has 2 heterocycles. The Balaban J connectivity index is 2.30. The van der Waals surface area contributed by atoms with Crippen LogP contribution >= 0.6 is 0 Å². The third-order valence-electron chi connectivity index (χ3n) is 3.18. The average molecular weight is 287 g/mol. The van der Waals surface area contributed by atoms with Crippen molar-refractivity contribution in [3.63, 3.8) is 0 Å². The van der Waals surface area contributed by atoms with Gasteiger partial charge < -0.3 is 14.0 Å². The van der Waals surface area contributed by atoms with E-state index in [9.17, 15) is 4.79 Å². The Morgan fingerprint density at radius 2 is 1.95 bits per heavy atom. The Kier molecular flexibility index (Phi) is 3.27. The number of ether oxygens (including phenoxy) is 2. The number of hydrogen-bond donors (Lipinski definition) is 1. The second kappa shape index (κ2) is 5.23. The molecule has 1 N–H and O–H groups in total. The van der Waals surface area contributed by atoms with Crippen molar-refractivity contribution >= 4 is 10.9 Å². The van der Waals surface area contributed by atoms with E-state index >= 15 is 0 Å². The first-order chi connectivity index (χ1) is 10.2. The average Bonchev–Trinajstić information content (AvgIpc) is 3.02. The van der Waals surface area contributed by atoms with Crippen LogP contribution in [0.1, 0.15) is 5.82 Å². The summed E-state index contributed by atoms with van der Waals surface area (Å²) in [4.78, 5) is 12.2. The molecular formula is C13H13N5O3. The van der Waals surface area contributed by atoms with Gasteiger partial charge in [-0.15, -0.1) is 10.2 Å². The Morgan fingerprint density at radius 1 is 1.19 bits per heavy atom. The molecule has 3 aromatic rings. The number of aromatic amines is 1. The molecule has 0 aliphatic heterocycles. The first-order valence-corrected chi connectivity index (χ1v) is 6.21. The highest BCUT2D eigenvalue weighted by atomic mass is 16.5. The van der Waals surface area contributed by atoms with Gasteiger partial charge in [0, 0.05) is 12.3 Å². The zero-order valence-corrected chi connectivity index (χ0v) is 11.5. The van der Waals surface area contributed by atoms with Gasteiger partial charge in [-0.2, -0.15) is 5.21 Å². The molecule has 0 radical (unpaired) electrons. The molecular weight excluding hydrogens is 274 g/mol. The van der Waals surface area contributed by atoms with Gasteiger partial charge in [-0.1, -0.05) is 5.21 Å². The van der Waals surface area contributed by atoms with Crippen LogP contribution in [0.2, 0.25) is 0 Å². The number of tetrazole rings is 1. The molecule has 0 bridgehead atoms. The fourth-order valence-corrected chi connectivity index (χ4v) is 2.26. The third-order valence-corrected chi connectivity index (χ3v) is 3.18. The molecule has 8 nitrogen and oxygen atoms in total. The van der Waals surface area contributed by atoms with Crippen LogP contribution in [-0.2, 0) is 6.54 Å². The van der Waals surface area contributed by atoms with E-state index in [-0.39, 0.29) is 5.43 Å². The van der Waals surface area contributed by atoms with Crippen molar-refractivity contribution in [2.75, 3.05) is 14.2 Å². The lowest BCUT2D eigenvalue weighted by atomic mass is 10.1. The highest BCUT2D eigenvalue weighted by molar-refractivity contribution is 5.90. The van der Waals surface area contributed by atoms with E-state index in [0.717, 1.165) is 0 Å². The molecule has 0 fully saturated rings. The first-order valence-electron chi connectivity index (χ1n) is 6.21. The van der Waals surface area contributed by atoms with Crippen LogP contribution in [0.15, 0.2) is 29.2 Å². The zero-order valence-electron chi connectivity index (χ0n) is 11.5. The topological polar surface area (TPSA) is 94.9 Å². The van der Waals surface area contributed by atoms with Crippen molar-refractivity contribution in [3.8, 4) is 11.5 Å². The highest BCUT2D eigenvalue weighted by Crippen LogP contribution is 2.30. The number of H-pyrrole nitrogens is 1. The molecule has 0 aliphatic rings. The number of aromatic nitrogens is 5. The lowest BCUT2D eigenvalue weighted by molar-refractivity contribution is 0.408. The molecule has 0 aliphatic carbocycles. The number of fused-ring (bicyclic) bond motifs is 1. The first kappa shape index (κ1) is 13.1. The molecule has 21 heavy (non-hydrogen) atoms. The van der Waals surface area contributed by atoms with Gasteiger partial charge in [0.15, 0.2) is 11.3 Å². The Hall–Kier alpha value is -2.90. The number of pyridine rings is 1. The number of nitrogens with zero attached hydrogens (tertiary/aromatic N) is 4. The summed E-state index contributed by atoms with van der Waals surface area (Å²) >= 11 is 0.